The van der Waals surface area contributed by atoms with Crippen LogP contribution >= 0.6 is 11.3 Å². The minimum Gasteiger partial charge on any atom is -0.477 e. The third-order valence-electron chi connectivity index (χ3n) is 4.41. The Morgan fingerprint density at radius 2 is 1.96 bits per heavy atom. The molecule has 4 nitrogen and oxygen atoms in total. The van der Waals surface area contributed by atoms with Crippen molar-refractivity contribution < 1.29 is 27.9 Å². The fourth-order valence-corrected chi connectivity index (χ4v) is 4.34. The van der Waals surface area contributed by atoms with Crippen molar-refractivity contribution in [1.82, 2.24) is 4.90 Å². The van der Waals surface area contributed by atoms with E-state index in [0.717, 1.165) is 6.07 Å². The molecule has 1 amide bonds. The topological polar surface area (TPSA) is 57.6 Å². The van der Waals surface area contributed by atoms with Gasteiger partial charge in [-0.1, -0.05) is 19.1 Å². The zero-order valence-corrected chi connectivity index (χ0v) is 15.5. The van der Waals surface area contributed by atoms with Gasteiger partial charge in [-0.05, 0) is 36.3 Å². The predicted molar refractivity (Wildman–Crippen MR) is 94.7 cm³/mol. The molecular weight excluding hydrogens is 367 g/mol. The number of thiophene rings is 1. The number of nitrogens with zero attached hydrogens (tertiary/aromatic N) is 1. The Hall–Kier alpha value is -2.09. The molecule has 2 rings (SSSR count). The number of carbonyl (C=O) groups is 2. The molecule has 0 fully saturated rings. The van der Waals surface area contributed by atoms with Crippen LogP contribution < -0.4 is 0 Å². The first-order valence-corrected chi connectivity index (χ1v) is 9.01. The lowest BCUT2D eigenvalue weighted by molar-refractivity contribution is -0.136. The number of carboxylic acid groups (broad SMARTS) is 1. The number of carbonyl (C=O) groups excluding carboxylic acids is 1. The zero-order chi connectivity index (χ0) is 19.6. The smallest absolute Gasteiger partial charge is 0.417 e. The first kappa shape index (κ1) is 20.2. The van der Waals surface area contributed by atoms with Gasteiger partial charge in [0.05, 0.1) is 5.56 Å². The van der Waals surface area contributed by atoms with Crippen molar-refractivity contribution in [2.24, 2.45) is 0 Å². The molecule has 142 valence electrons. The van der Waals surface area contributed by atoms with Gasteiger partial charge in [0, 0.05) is 24.7 Å². The first-order chi connectivity index (χ1) is 12.1. The molecule has 1 aromatic carbocycles. The van der Waals surface area contributed by atoms with Crippen molar-refractivity contribution in [2.75, 3.05) is 13.1 Å². The summed E-state index contributed by atoms with van der Waals surface area (Å²) in [5, 5.41) is 9.81. The Kier molecular flexibility index (Phi) is 5.95. The highest BCUT2D eigenvalue weighted by Gasteiger charge is 2.35. The minimum absolute atomic E-state index is 0.0573. The molecular formula is C18H20F3NO3S. The van der Waals surface area contributed by atoms with Gasteiger partial charge in [0.2, 0.25) is 5.91 Å². The number of alkyl halides is 3. The van der Waals surface area contributed by atoms with Crippen LogP contribution in [0.15, 0.2) is 18.2 Å². The van der Waals surface area contributed by atoms with Crippen molar-refractivity contribution in [2.45, 2.75) is 39.3 Å². The van der Waals surface area contributed by atoms with Crippen molar-refractivity contribution in [1.29, 1.82) is 0 Å². The van der Waals surface area contributed by atoms with Crippen LogP contribution in [0.1, 0.15) is 53.9 Å². The predicted octanol–water partition coefficient (Wildman–Crippen LogP) is 4.98. The molecule has 0 aliphatic carbocycles. The van der Waals surface area contributed by atoms with E-state index in [4.69, 9.17) is 0 Å². The van der Waals surface area contributed by atoms with Crippen LogP contribution in [0.25, 0.3) is 10.1 Å². The molecule has 1 heterocycles. The van der Waals surface area contributed by atoms with E-state index < -0.39 is 17.7 Å². The van der Waals surface area contributed by atoms with Crippen LogP contribution in [0.4, 0.5) is 13.2 Å². The molecule has 2 aromatic rings. The van der Waals surface area contributed by atoms with Gasteiger partial charge in [0.1, 0.15) is 4.88 Å². The standard InChI is InChI=1S/C18H20F3NO3S/c1-4-22(11(3)23)9-8-10(2)14-12-6-5-7-13(18(19,20)21)15(12)26-16(14)17(24)25/h5-7,10H,4,8-9H2,1-3H3,(H,24,25). The second-order valence-electron chi connectivity index (χ2n) is 6.12. The van der Waals surface area contributed by atoms with E-state index in [9.17, 15) is 27.9 Å². The molecule has 1 aromatic heterocycles. The molecule has 0 aliphatic heterocycles. The number of carboxylic acids is 1. The maximum absolute atomic E-state index is 13.3. The summed E-state index contributed by atoms with van der Waals surface area (Å²) in [6.07, 6.45) is -4.08. The van der Waals surface area contributed by atoms with Crippen molar-refractivity contribution in [3.05, 3.63) is 34.2 Å². The summed E-state index contributed by atoms with van der Waals surface area (Å²) in [4.78, 5) is 24.7. The van der Waals surface area contributed by atoms with Gasteiger partial charge in [-0.2, -0.15) is 13.2 Å². The molecule has 26 heavy (non-hydrogen) atoms. The van der Waals surface area contributed by atoms with Crippen LogP contribution in [0.3, 0.4) is 0 Å². The number of halogens is 3. The van der Waals surface area contributed by atoms with Gasteiger partial charge in [0.25, 0.3) is 0 Å². The van der Waals surface area contributed by atoms with E-state index >= 15 is 0 Å². The van der Waals surface area contributed by atoms with E-state index in [-0.39, 0.29) is 21.4 Å². The number of benzene rings is 1. The molecule has 0 aliphatic rings. The Labute approximate surface area is 153 Å². The number of hydrogen-bond donors (Lipinski definition) is 1. The number of aromatic carboxylic acids is 1. The van der Waals surface area contributed by atoms with Crippen LogP contribution in [-0.2, 0) is 11.0 Å². The van der Waals surface area contributed by atoms with E-state index in [1.54, 1.807) is 11.8 Å². The van der Waals surface area contributed by atoms with Crippen molar-refractivity contribution in [3.8, 4) is 0 Å². The lowest BCUT2D eigenvalue weighted by atomic mass is 9.93. The van der Waals surface area contributed by atoms with E-state index in [1.165, 1.54) is 19.1 Å². The van der Waals surface area contributed by atoms with E-state index in [0.29, 0.717) is 41.8 Å². The number of hydrogen-bond acceptors (Lipinski definition) is 3. The first-order valence-electron chi connectivity index (χ1n) is 8.19. The molecule has 1 unspecified atom stereocenters. The van der Waals surface area contributed by atoms with Gasteiger partial charge < -0.3 is 10.0 Å². The number of fused-ring (bicyclic) bond motifs is 1. The van der Waals surface area contributed by atoms with Crippen LogP contribution in [0.2, 0.25) is 0 Å². The second kappa shape index (κ2) is 7.65. The lowest BCUT2D eigenvalue weighted by Gasteiger charge is -2.21. The zero-order valence-electron chi connectivity index (χ0n) is 14.7. The van der Waals surface area contributed by atoms with Crippen LogP contribution in [-0.4, -0.2) is 35.0 Å². The fraction of sp³-hybridized carbons (Fsp3) is 0.444. The third kappa shape index (κ3) is 4.00. The molecule has 8 heteroatoms. The highest BCUT2D eigenvalue weighted by atomic mass is 32.1. The summed E-state index contributed by atoms with van der Waals surface area (Å²) < 4.78 is 39.7. The number of amides is 1. The highest BCUT2D eigenvalue weighted by Crippen LogP contribution is 2.43. The summed E-state index contributed by atoms with van der Waals surface area (Å²) in [6, 6.07) is 3.79. The molecule has 0 spiro atoms. The van der Waals surface area contributed by atoms with Gasteiger partial charge in [-0.3, -0.25) is 4.79 Å². The van der Waals surface area contributed by atoms with Gasteiger partial charge in [0.15, 0.2) is 0 Å². The number of rotatable bonds is 6. The quantitative estimate of drug-likeness (QED) is 0.760. The van der Waals surface area contributed by atoms with E-state index in [1.807, 2.05) is 6.92 Å². The molecule has 0 bridgehead atoms. The Bertz CT molecular complexity index is 829. The molecule has 1 N–H and O–H groups in total. The molecule has 0 radical (unpaired) electrons. The largest absolute Gasteiger partial charge is 0.477 e. The van der Waals surface area contributed by atoms with Crippen LogP contribution in [0.5, 0.6) is 0 Å². The summed E-state index contributed by atoms with van der Waals surface area (Å²) in [7, 11) is 0. The Morgan fingerprint density at radius 3 is 2.46 bits per heavy atom. The summed E-state index contributed by atoms with van der Waals surface area (Å²) >= 11 is 0.660. The third-order valence-corrected chi connectivity index (χ3v) is 5.65. The molecule has 0 saturated carbocycles. The SMILES string of the molecule is CCN(CCC(C)c1c(C(=O)O)sc2c(C(F)(F)F)cccc12)C(C)=O. The maximum atomic E-state index is 13.3. The Morgan fingerprint density at radius 1 is 1.31 bits per heavy atom. The lowest BCUT2D eigenvalue weighted by Crippen LogP contribution is -2.30. The van der Waals surface area contributed by atoms with E-state index in [2.05, 4.69) is 0 Å². The Balaban J connectivity index is 2.50. The monoisotopic (exact) mass is 387 g/mol. The van der Waals surface area contributed by atoms with Gasteiger partial charge >= 0.3 is 12.1 Å². The summed E-state index contributed by atoms with van der Waals surface area (Å²) in [5.41, 5.74) is -0.414. The highest BCUT2D eigenvalue weighted by molar-refractivity contribution is 7.21. The normalized spacial score (nSPS) is 13.0. The summed E-state index contributed by atoms with van der Waals surface area (Å²) in [6.45, 7) is 6.01. The molecule has 0 saturated heterocycles. The van der Waals surface area contributed by atoms with Gasteiger partial charge in [-0.15, -0.1) is 11.3 Å². The van der Waals surface area contributed by atoms with Crippen molar-refractivity contribution >= 4 is 33.3 Å². The minimum atomic E-state index is -4.55. The summed E-state index contributed by atoms with van der Waals surface area (Å²) in [5.74, 6) is -1.63. The fourth-order valence-electron chi connectivity index (χ4n) is 3.04. The average Bonchev–Trinajstić information content (AvgIpc) is 2.93. The molecule has 1 atom stereocenters. The maximum Gasteiger partial charge on any atom is 0.417 e. The van der Waals surface area contributed by atoms with Gasteiger partial charge in [-0.25, -0.2) is 4.79 Å². The van der Waals surface area contributed by atoms with Crippen LogP contribution in [0, 0.1) is 0 Å². The average molecular weight is 387 g/mol. The second-order valence-corrected chi connectivity index (χ2v) is 7.14. The van der Waals surface area contributed by atoms with Crippen molar-refractivity contribution in [3.63, 3.8) is 0 Å².